The molecule has 3 N–H and O–H groups in total. The van der Waals surface area contributed by atoms with Crippen molar-refractivity contribution in [3.63, 3.8) is 0 Å². The number of carboxylic acid groups (broad SMARTS) is 1. The van der Waals surface area contributed by atoms with Crippen molar-refractivity contribution in [1.29, 1.82) is 0 Å². The van der Waals surface area contributed by atoms with E-state index in [1.807, 2.05) is 20.8 Å². The number of amides is 2. The Kier molecular flexibility index (Phi) is 5.26. The predicted octanol–water partition coefficient (Wildman–Crippen LogP) is 2.58. The topological polar surface area (TPSA) is 95.5 Å². The monoisotopic (exact) mass is 332 g/mol. The number of benzene rings is 1. The van der Waals surface area contributed by atoms with Crippen LogP contribution in [0.25, 0.3) is 0 Å². The Balaban J connectivity index is 2.07. The summed E-state index contributed by atoms with van der Waals surface area (Å²) in [7, 11) is 0. The molecule has 0 spiro atoms. The smallest absolute Gasteiger partial charge is 0.326 e. The SMILES string of the molecule is CC(C)(C)CCC(NC(=O)c1ccc2c(c1)CCC(=O)N2)C(=O)O. The minimum absolute atomic E-state index is 0.00243. The van der Waals surface area contributed by atoms with Crippen LogP contribution in [0.2, 0.25) is 0 Å². The lowest BCUT2D eigenvalue weighted by Gasteiger charge is -2.22. The van der Waals surface area contributed by atoms with Crippen molar-refractivity contribution in [2.75, 3.05) is 5.32 Å². The number of aryl methyl sites for hydroxylation is 1. The van der Waals surface area contributed by atoms with E-state index in [-0.39, 0.29) is 11.3 Å². The quantitative estimate of drug-likeness (QED) is 0.772. The van der Waals surface area contributed by atoms with Gasteiger partial charge in [-0.25, -0.2) is 4.79 Å². The normalized spacial score (nSPS) is 15.2. The van der Waals surface area contributed by atoms with Crippen molar-refractivity contribution >= 4 is 23.5 Å². The number of hydrogen-bond acceptors (Lipinski definition) is 3. The molecular formula is C18H24N2O4. The maximum Gasteiger partial charge on any atom is 0.326 e. The van der Waals surface area contributed by atoms with Gasteiger partial charge in [-0.3, -0.25) is 9.59 Å². The zero-order valence-electron chi connectivity index (χ0n) is 14.3. The Hall–Kier alpha value is -2.37. The lowest BCUT2D eigenvalue weighted by molar-refractivity contribution is -0.139. The maximum absolute atomic E-state index is 12.4. The number of hydrogen-bond donors (Lipinski definition) is 3. The summed E-state index contributed by atoms with van der Waals surface area (Å²) in [6.45, 7) is 6.10. The first-order valence-corrected chi connectivity index (χ1v) is 8.12. The first-order valence-electron chi connectivity index (χ1n) is 8.12. The summed E-state index contributed by atoms with van der Waals surface area (Å²) >= 11 is 0. The number of carbonyl (C=O) groups is 3. The molecule has 130 valence electrons. The third-order valence-electron chi connectivity index (χ3n) is 4.05. The molecule has 6 nitrogen and oxygen atoms in total. The molecule has 2 rings (SSSR count). The number of anilines is 1. The fourth-order valence-electron chi connectivity index (χ4n) is 2.60. The standard InChI is InChI=1S/C18H24N2O4/c1-18(2,3)9-8-14(17(23)24)20-16(22)12-4-6-13-11(10-12)5-7-15(21)19-13/h4,6,10,14H,5,7-9H2,1-3H3,(H,19,21)(H,20,22)(H,23,24). The Morgan fingerprint density at radius 2 is 2.00 bits per heavy atom. The van der Waals surface area contributed by atoms with Crippen LogP contribution in [0.5, 0.6) is 0 Å². The molecule has 24 heavy (non-hydrogen) atoms. The highest BCUT2D eigenvalue weighted by molar-refractivity contribution is 5.99. The largest absolute Gasteiger partial charge is 0.480 e. The van der Waals surface area contributed by atoms with Crippen LogP contribution in [0.4, 0.5) is 5.69 Å². The van der Waals surface area contributed by atoms with Gasteiger partial charge >= 0.3 is 5.97 Å². The van der Waals surface area contributed by atoms with E-state index >= 15 is 0 Å². The first-order chi connectivity index (χ1) is 11.2. The van der Waals surface area contributed by atoms with E-state index in [0.29, 0.717) is 36.9 Å². The van der Waals surface area contributed by atoms with E-state index in [1.54, 1.807) is 18.2 Å². The summed E-state index contributed by atoms with van der Waals surface area (Å²) in [5.41, 5.74) is 2.02. The van der Waals surface area contributed by atoms with Gasteiger partial charge in [-0.1, -0.05) is 20.8 Å². The Morgan fingerprint density at radius 3 is 2.62 bits per heavy atom. The van der Waals surface area contributed by atoms with E-state index in [0.717, 1.165) is 5.56 Å². The van der Waals surface area contributed by atoms with E-state index in [2.05, 4.69) is 10.6 Å². The first kappa shape index (κ1) is 18.0. The highest BCUT2D eigenvalue weighted by Gasteiger charge is 2.24. The number of nitrogens with one attached hydrogen (secondary N) is 2. The molecule has 0 bridgehead atoms. The molecule has 6 heteroatoms. The number of rotatable bonds is 5. The minimum Gasteiger partial charge on any atom is -0.480 e. The average Bonchev–Trinajstić information content (AvgIpc) is 2.49. The molecule has 1 unspecified atom stereocenters. The third kappa shape index (κ3) is 4.81. The molecule has 0 saturated carbocycles. The van der Waals surface area contributed by atoms with Gasteiger partial charge in [-0.2, -0.15) is 0 Å². The lowest BCUT2D eigenvalue weighted by atomic mass is 9.88. The molecule has 1 aromatic carbocycles. The van der Waals surface area contributed by atoms with Crippen LogP contribution in [0.1, 0.15) is 56.0 Å². The summed E-state index contributed by atoms with van der Waals surface area (Å²) in [6.07, 6.45) is 2.04. The molecule has 0 saturated heterocycles. The molecule has 1 aliphatic rings. The van der Waals surface area contributed by atoms with Crippen LogP contribution in [0, 0.1) is 5.41 Å². The van der Waals surface area contributed by atoms with Crippen LogP contribution in [0.15, 0.2) is 18.2 Å². The molecule has 1 aliphatic heterocycles. The van der Waals surface area contributed by atoms with Crippen molar-refractivity contribution in [1.82, 2.24) is 5.32 Å². The van der Waals surface area contributed by atoms with Gasteiger partial charge in [0.05, 0.1) is 0 Å². The highest BCUT2D eigenvalue weighted by Crippen LogP contribution is 2.24. The Labute approximate surface area is 141 Å². The fourth-order valence-corrected chi connectivity index (χ4v) is 2.60. The van der Waals surface area contributed by atoms with E-state index in [4.69, 9.17) is 0 Å². The van der Waals surface area contributed by atoms with Crippen molar-refractivity contribution in [2.45, 2.75) is 52.5 Å². The molecule has 0 aromatic heterocycles. The van der Waals surface area contributed by atoms with Gasteiger partial charge in [0.25, 0.3) is 5.91 Å². The van der Waals surface area contributed by atoms with Crippen molar-refractivity contribution < 1.29 is 19.5 Å². The Morgan fingerprint density at radius 1 is 1.29 bits per heavy atom. The fraction of sp³-hybridized carbons (Fsp3) is 0.500. The van der Waals surface area contributed by atoms with Crippen molar-refractivity contribution in [3.8, 4) is 0 Å². The van der Waals surface area contributed by atoms with Crippen molar-refractivity contribution in [2.24, 2.45) is 5.41 Å². The second kappa shape index (κ2) is 7.03. The number of fused-ring (bicyclic) bond motifs is 1. The summed E-state index contributed by atoms with van der Waals surface area (Å²) in [6, 6.07) is 4.09. The predicted molar refractivity (Wildman–Crippen MR) is 91.0 cm³/mol. The molecule has 0 fully saturated rings. The molecule has 1 atom stereocenters. The number of carbonyl (C=O) groups excluding carboxylic acids is 2. The zero-order chi connectivity index (χ0) is 17.9. The minimum atomic E-state index is -1.03. The van der Waals surface area contributed by atoms with E-state index in [1.165, 1.54) is 0 Å². The second-order valence-electron chi connectivity index (χ2n) is 7.38. The van der Waals surface area contributed by atoms with Gasteiger partial charge in [0.2, 0.25) is 5.91 Å². The maximum atomic E-state index is 12.4. The average molecular weight is 332 g/mol. The lowest BCUT2D eigenvalue weighted by Crippen LogP contribution is -2.41. The molecule has 2 amide bonds. The van der Waals surface area contributed by atoms with Crippen LogP contribution in [0.3, 0.4) is 0 Å². The van der Waals surface area contributed by atoms with Crippen LogP contribution < -0.4 is 10.6 Å². The van der Waals surface area contributed by atoms with E-state index in [9.17, 15) is 19.5 Å². The van der Waals surface area contributed by atoms with Gasteiger partial charge in [-0.15, -0.1) is 0 Å². The highest BCUT2D eigenvalue weighted by atomic mass is 16.4. The molecule has 0 aliphatic carbocycles. The molecule has 1 heterocycles. The van der Waals surface area contributed by atoms with Gasteiger partial charge in [-0.05, 0) is 48.4 Å². The van der Waals surface area contributed by atoms with Gasteiger partial charge in [0.1, 0.15) is 6.04 Å². The van der Waals surface area contributed by atoms with Gasteiger partial charge in [0.15, 0.2) is 0 Å². The van der Waals surface area contributed by atoms with Crippen LogP contribution in [-0.2, 0) is 16.0 Å². The second-order valence-corrected chi connectivity index (χ2v) is 7.38. The molecule has 1 aromatic rings. The number of carboxylic acids is 1. The van der Waals surface area contributed by atoms with Crippen molar-refractivity contribution in [3.05, 3.63) is 29.3 Å². The van der Waals surface area contributed by atoms with Crippen LogP contribution in [-0.4, -0.2) is 28.9 Å². The van der Waals surface area contributed by atoms with E-state index < -0.39 is 17.9 Å². The zero-order valence-corrected chi connectivity index (χ0v) is 14.3. The third-order valence-corrected chi connectivity index (χ3v) is 4.05. The summed E-state index contributed by atoms with van der Waals surface area (Å²) in [5.74, 6) is -1.47. The summed E-state index contributed by atoms with van der Waals surface area (Å²) in [5, 5.41) is 14.7. The van der Waals surface area contributed by atoms with Crippen LogP contribution >= 0.6 is 0 Å². The summed E-state index contributed by atoms with van der Waals surface area (Å²) in [4.78, 5) is 35.1. The Bertz CT molecular complexity index is 661. The van der Waals surface area contributed by atoms with Gasteiger partial charge < -0.3 is 15.7 Å². The molecule has 0 radical (unpaired) electrons. The molecular weight excluding hydrogens is 308 g/mol. The summed E-state index contributed by atoms with van der Waals surface area (Å²) < 4.78 is 0. The van der Waals surface area contributed by atoms with Gasteiger partial charge in [0, 0.05) is 17.7 Å². The number of aliphatic carboxylic acids is 1.